The average Bonchev–Trinajstić information content (AvgIpc) is 2.76. The van der Waals surface area contributed by atoms with Crippen molar-refractivity contribution in [3.63, 3.8) is 0 Å². The van der Waals surface area contributed by atoms with Crippen molar-refractivity contribution in [1.82, 2.24) is 5.32 Å². The molecule has 2 aromatic carbocycles. The highest BCUT2D eigenvalue weighted by Crippen LogP contribution is 2.30. The Balaban J connectivity index is 1.92. The van der Waals surface area contributed by atoms with Crippen LogP contribution in [0.25, 0.3) is 6.08 Å². The van der Waals surface area contributed by atoms with Gasteiger partial charge in [-0.15, -0.1) is 0 Å². The summed E-state index contributed by atoms with van der Waals surface area (Å²) < 4.78 is 15.9. The zero-order valence-electron chi connectivity index (χ0n) is 16.9. The lowest BCUT2D eigenvalue weighted by Gasteiger charge is -2.26. The number of ether oxygens (including phenoxy) is 3. The SMILES string of the molecule is CCOc1ccc(N2C(=O)NC(=O)C(=Cc3ccc(OCC#N)c(OC)c3)C2=O)cc1. The molecule has 0 aromatic heterocycles. The third-order valence-corrected chi connectivity index (χ3v) is 4.30. The monoisotopic (exact) mass is 421 g/mol. The van der Waals surface area contributed by atoms with E-state index in [4.69, 9.17) is 19.5 Å². The molecule has 4 amide bonds. The summed E-state index contributed by atoms with van der Waals surface area (Å²) in [5.41, 5.74) is 0.545. The van der Waals surface area contributed by atoms with E-state index in [0.717, 1.165) is 4.90 Å². The lowest BCUT2D eigenvalue weighted by Crippen LogP contribution is -2.54. The van der Waals surface area contributed by atoms with Crippen molar-refractivity contribution >= 4 is 29.6 Å². The van der Waals surface area contributed by atoms with Crippen LogP contribution in [0.4, 0.5) is 10.5 Å². The molecule has 31 heavy (non-hydrogen) atoms. The molecule has 0 spiro atoms. The van der Waals surface area contributed by atoms with Gasteiger partial charge in [0.2, 0.25) is 0 Å². The molecule has 3 rings (SSSR count). The highest BCUT2D eigenvalue weighted by atomic mass is 16.5. The van der Waals surface area contributed by atoms with E-state index in [1.807, 2.05) is 13.0 Å². The fraction of sp³-hybridized carbons (Fsp3) is 0.182. The molecular weight excluding hydrogens is 402 g/mol. The van der Waals surface area contributed by atoms with Crippen LogP contribution in [0.3, 0.4) is 0 Å². The maximum atomic E-state index is 13.0. The Morgan fingerprint density at radius 3 is 2.45 bits per heavy atom. The summed E-state index contributed by atoms with van der Waals surface area (Å²) >= 11 is 0. The van der Waals surface area contributed by atoms with Gasteiger partial charge in [-0.3, -0.25) is 14.9 Å². The van der Waals surface area contributed by atoms with Crippen LogP contribution in [0.2, 0.25) is 0 Å². The Morgan fingerprint density at radius 1 is 1.06 bits per heavy atom. The molecule has 0 saturated carbocycles. The van der Waals surface area contributed by atoms with Crippen molar-refractivity contribution in [3.05, 3.63) is 53.6 Å². The number of hydrogen-bond acceptors (Lipinski definition) is 7. The Morgan fingerprint density at radius 2 is 1.81 bits per heavy atom. The number of imide groups is 2. The normalized spacial score (nSPS) is 14.8. The van der Waals surface area contributed by atoms with Crippen LogP contribution in [0.5, 0.6) is 17.2 Å². The van der Waals surface area contributed by atoms with Crippen molar-refractivity contribution in [2.75, 3.05) is 25.2 Å². The molecule has 1 aliphatic rings. The van der Waals surface area contributed by atoms with Crippen molar-refractivity contribution in [2.45, 2.75) is 6.92 Å². The van der Waals surface area contributed by atoms with E-state index in [1.165, 1.54) is 13.2 Å². The summed E-state index contributed by atoms with van der Waals surface area (Å²) in [5.74, 6) is -0.305. The number of hydrogen-bond donors (Lipinski definition) is 1. The van der Waals surface area contributed by atoms with E-state index < -0.39 is 17.8 Å². The Kier molecular flexibility index (Phi) is 6.52. The van der Waals surface area contributed by atoms with E-state index in [9.17, 15) is 14.4 Å². The number of urea groups is 1. The third kappa shape index (κ3) is 4.64. The molecule has 1 N–H and O–H groups in total. The molecule has 9 nitrogen and oxygen atoms in total. The molecule has 0 aliphatic carbocycles. The van der Waals surface area contributed by atoms with E-state index in [-0.39, 0.29) is 12.2 Å². The zero-order valence-corrected chi connectivity index (χ0v) is 16.9. The summed E-state index contributed by atoms with van der Waals surface area (Å²) in [6, 6.07) is 12.1. The number of methoxy groups -OCH3 is 1. The Hall–Kier alpha value is -4.32. The summed E-state index contributed by atoms with van der Waals surface area (Å²) in [6.07, 6.45) is 1.35. The maximum absolute atomic E-state index is 13.0. The first-order valence-electron chi connectivity index (χ1n) is 9.30. The topological polar surface area (TPSA) is 118 Å². The number of carbonyl (C=O) groups is 3. The number of barbiturate groups is 1. The van der Waals surface area contributed by atoms with Crippen LogP contribution in [0, 0.1) is 11.3 Å². The van der Waals surface area contributed by atoms with Gasteiger partial charge in [-0.1, -0.05) is 6.07 Å². The van der Waals surface area contributed by atoms with Gasteiger partial charge in [-0.25, -0.2) is 9.69 Å². The second-order valence-corrected chi connectivity index (χ2v) is 6.24. The van der Waals surface area contributed by atoms with Gasteiger partial charge in [0.25, 0.3) is 11.8 Å². The highest BCUT2D eigenvalue weighted by molar-refractivity contribution is 6.39. The molecule has 0 unspecified atom stereocenters. The minimum atomic E-state index is -0.839. The molecule has 1 heterocycles. The highest BCUT2D eigenvalue weighted by Gasteiger charge is 2.36. The summed E-state index contributed by atoms with van der Waals surface area (Å²) in [5, 5.41) is 10.8. The standard InChI is InChI=1S/C22H19N3O6/c1-3-30-16-7-5-15(6-8-16)25-21(27)17(20(26)24-22(25)28)12-14-4-9-18(31-11-10-23)19(13-14)29-2/h4-9,12-13H,3,11H2,1-2H3,(H,24,26,28). The minimum Gasteiger partial charge on any atom is -0.494 e. The summed E-state index contributed by atoms with van der Waals surface area (Å²) in [7, 11) is 1.43. The number of nitrogens with one attached hydrogen (secondary N) is 1. The van der Waals surface area contributed by atoms with Gasteiger partial charge in [0.05, 0.1) is 19.4 Å². The van der Waals surface area contributed by atoms with Gasteiger partial charge in [-0.2, -0.15) is 5.26 Å². The molecule has 158 valence electrons. The first-order valence-corrected chi connectivity index (χ1v) is 9.30. The van der Waals surface area contributed by atoms with Crippen LogP contribution in [0.1, 0.15) is 12.5 Å². The smallest absolute Gasteiger partial charge is 0.335 e. The van der Waals surface area contributed by atoms with Crippen molar-refractivity contribution < 1.29 is 28.6 Å². The number of benzene rings is 2. The molecule has 9 heteroatoms. The minimum absolute atomic E-state index is 0.156. The lowest BCUT2D eigenvalue weighted by molar-refractivity contribution is -0.122. The number of anilines is 1. The molecule has 1 aliphatic heterocycles. The van der Waals surface area contributed by atoms with Crippen LogP contribution in [0.15, 0.2) is 48.0 Å². The summed E-state index contributed by atoms with van der Waals surface area (Å²) in [6.45, 7) is 2.17. The predicted molar refractivity (Wildman–Crippen MR) is 111 cm³/mol. The second kappa shape index (κ2) is 9.45. The molecule has 0 radical (unpaired) electrons. The maximum Gasteiger partial charge on any atom is 0.335 e. The van der Waals surface area contributed by atoms with Crippen LogP contribution >= 0.6 is 0 Å². The predicted octanol–water partition coefficient (Wildman–Crippen LogP) is 2.66. The molecule has 0 bridgehead atoms. The first kappa shape index (κ1) is 21.4. The van der Waals surface area contributed by atoms with Gasteiger partial charge in [0.1, 0.15) is 17.4 Å². The largest absolute Gasteiger partial charge is 0.494 e. The number of nitrogens with zero attached hydrogens (tertiary/aromatic N) is 2. The fourth-order valence-corrected chi connectivity index (χ4v) is 2.92. The summed E-state index contributed by atoms with van der Waals surface area (Å²) in [4.78, 5) is 38.5. The van der Waals surface area contributed by atoms with E-state index in [2.05, 4.69) is 5.32 Å². The molecule has 2 aromatic rings. The molecule has 1 saturated heterocycles. The van der Waals surface area contributed by atoms with Crippen molar-refractivity contribution in [3.8, 4) is 23.3 Å². The van der Waals surface area contributed by atoms with Crippen LogP contribution in [-0.4, -0.2) is 38.2 Å². The van der Waals surface area contributed by atoms with Gasteiger partial charge < -0.3 is 14.2 Å². The van der Waals surface area contributed by atoms with E-state index in [1.54, 1.807) is 42.5 Å². The van der Waals surface area contributed by atoms with Crippen LogP contribution in [-0.2, 0) is 9.59 Å². The quantitative estimate of drug-likeness (QED) is 0.539. The fourth-order valence-electron chi connectivity index (χ4n) is 2.92. The number of nitriles is 1. The first-order chi connectivity index (χ1) is 15.0. The third-order valence-electron chi connectivity index (χ3n) is 4.30. The van der Waals surface area contributed by atoms with Crippen molar-refractivity contribution in [2.24, 2.45) is 0 Å². The number of carbonyl (C=O) groups excluding carboxylic acids is 3. The Bertz CT molecular complexity index is 1090. The van der Waals surface area contributed by atoms with E-state index in [0.29, 0.717) is 35.1 Å². The van der Waals surface area contributed by atoms with Gasteiger partial charge in [0, 0.05) is 0 Å². The van der Waals surface area contributed by atoms with E-state index >= 15 is 0 Å². The van der Waals surface area contributed by atoms with Gasteiger partial charge in [0.15, 0.2) is 18.1 Å². The molecule has 0 atom stereocenters. The molecular formula is C22H19N3O6. The Labute approximate surface area is 178 Å². The zero-order chi connectivity index (χ0) is 22.4. The second-order valence-electron chi connectivity index (χ2n) is 6.24. The van der Waals surface area contributed by atoms with Crippen LogP contribution < -0.4 is 24.4 Å². The van der Waals surface area contributed by atoms with Gasteiger partial charge >= 0.3 is 6.03 Å². The molecule has 1 fully saturated rings. The van der Waals surface area contributed by atoms with Crippen molar-refractivity contribution in [1.29, 1.82) is 5.26 Å². The number of rotatable bonds is 7. The lowest BCUT2D eigenvalue weighted by atomic mass is 10.1. The van der Waals surface area contributed by atoms with Gasteiger partial charge in [-0.05, 0) is 55.0 Å². The average molecular weight is 421 g/mol. The number of amides is 4.